The predicted octanol–water partition coefficient (Wildman–Crippen LogP) is 4.89. The summed E-state index contributed by atoms with van der Waals surface area (Å²) in [7, 11) is 1.84. The summed E-state index contributed by atoms with van der Waals surface area (Å²) in [6.45, 7) is 11.5. The number of halogens is 1. The zero-order chi connectivity index (χ0) is 30.2. The number of rotatable bonds is 5. The summed E-state index contributed by atoms with van der Waals surface area (Å²) in [5.41, 5.74) is 2.08. The topological polar surface area (TPSA) is 118 Å². The lowest BCUT2D eigenvalue weighted by molar-refractivity contribution is 0.0169. The van der Waals surface area contributed by atoms with Crippen molar-refractivity contribution in [3.05, 3.63) is 35.9 Å². The summed E-state index contributed by atoms with van der Waals surface area (Å²) in [4.78, 5) is 37.7. The molecule has 2 N–H and O–H groups in total. The van der Waals surface area contributed by atoms with Gasteiger partial charge in [-0.1, -0.05) is 13.8 Å². The standard InChI is InChI=1S/C30H41FN8O3/c1-18(2)26-22-15-19(16-23(31)25(22)36-37(26)6)24-9-10-32-27(35-24)33-20-7-8-21(17-20)34-28(40)38-11-13-39(14-12-38)29(41)42-30(3,4)5/h9-10,15-16,18,20-21H,7-8,11-14,17H2,1-6H3,(H,34,40)(H,32,33,35)/t20-,21-/m0/s1. The van der Waals surface area contributed by atoms with Crippen molar-refractivity contribution in [1.82, 2.24) is 34.9 Å². The van der Waals surface area contributed by atoms with Crippen molar-refractivity contribution in [3.8, 4) is 11.3 Å². The molecule has 11 nitrogen and oxygen atoms in total. The van der Waals surface area contributed by atoms with Crippen LogP contribution in [0.25, 0.3) is 22.2 Å². The molecule has 0 spiro atoms. The Bertz CT molecular complexity index is 1460. The first-order valence-corrected chi connectivity index (χ1v) is 14.7. The van der Waals surface area contributed by atoms with E-state index in [1.165, 1.54) is 6.07 Å². The molecule has 1 saturated heterocycles. The number of benzene rings is 1. The summed E-state index contributed by atoms with van der Waals surface area (Å²) in [6, 6.07) is 5.20. The number of aryl methyl sites for hydroxylation is 1. The van der Waals surface area contributed by atoms with E-state index in [0.29, 0.717) is 48.9 Å². The van der Waals surface area contributed by atoms with Crippen LogP contribution in [0.15, 0.2) is 24.4 Å². The Balaban J connectivity index is 1.16. The van der Waals surface area contributed by atoms with E-state index >= 15 is 4.39 Å². The van der Waals surface area contributed by atoms with Crippen LogP contribution in [0.2, 0.25) is 0 Å². The van der Waals surface area contributed by atoms with E-state index in [4.69, 9.17) is 4.74 Å². The summed E-state index contributed by atoms with van der Waals surface area (Å²) in [5.74, 6) is 0.284. The maximum atomic E-state index is 15.0. The normalized spacial score (nSPS) is 19.4. The lowest BCUT2D eigenvalue weighted by Gasteiger charge is -2.36. The Kier molecular flexibility index (Phi) is 8.25. The second kappa shape index (κ2) is 11.7. The lowest BCUT2D eigenvalue weighted by Crippen LogP contribution is -2.55. The van der Waals surface area contributed by atoms with E-state index in [1.54, 1.807) is 26.7 Å². The molecule has 0 bridgehead atoms. The van der Waals surface area contributed by atoms with E-state index in [1.807, 2.05) is 33.9 Å². The maximum Gasteiger partial charge on any atom is 0.410 e. The van der Waals surface area contributed by atoms with Crippen LogP contribution in [0, 0.1) is 5.82 Å². The van der Waals surface area contributed by atoms with Gasteiger partial charge in [0.05, 0.1) is 5.69 Å². The molecule has 3 aromatic rings. The molecule has 2 aromatic heterocycles. The first-order valence-electron chi connectivity index (χ1n) is 14.7. The first-order chi connectivity index (χ1) is 19.9. The summed E-state index contributed by atoms with van der Waals surface area (Å²) in [5, 5.41) is 11.7. The van der Waals surface area contributed by atoms with Gasteiger partial charge in [0, 0.05) is 68.2 Å². The van der Waals surface area contributed by atoms with Crippen molar-refractivity contribution < 1.29 is 18.7 Å². The molecule has 3 amide bonds. The highest BCUT2D eigenvalue weighted by molar-refractivity contribution is 5.87. The quantitative estimate of drug-likeness (QED) is 0.441. The van der Waals surface area contributed by atoms with Gasteiger partial charge in [-0.25, -0.2) is 23.9 Å². The number of hydrogen-bond acceptors (Lipinski definition) is 7. The molecule has 1 aliphatic carbocycles. The third kappa shape index (κ3) is 6.57. The number of hydrogen-bond donors (Lipinski definition) is 2. The van der Waals surface area contributed by atoms with Crippen molar-refractivity contribution in [2.45, 2.75) is 77.5 Å². The van der Waals surface area contributed by atoms with Gasteiger partial charge in [0.2, 0.25) is 5.95 Å². The van der Waals surface area contributed by atoms with Crippen molar-refractivity contribution in [2.24, 2.45) is 7.05 Å². The van der Waals surface area contributed by atoms with Crippen LogP contribution in [-0.4, -0.2) is 85.5 Å². The van der Waals surface area contributed by atoms with E-state index < -0.39 is 5.60 Å². The summed E-state index contributed by atoms with van der Waals surface area (Å²) >= 11 is 0. The minimum atomic E-state index is -0.547. The van der Waals surface area contributed by atoms with Gasteiger partial charge < -0.3 is 25.2 Å². The van der Waals surface area contributed by atoms with Crippen molar-refractivity contribution >= 4 is 29.0 Å². The van der Waals surface area contributed by atoms with Crippen molar-refractivity contribution in [1.29, 1.82) is 0 Å². The molecule has 1 aromatic carbocycles. The number of nitrogens with one attached hydrogen (secondary N) is 2. The van der Waals surface area contributed by atoms with E-state index in [9.17, 15) is 9.59 Å². The smallest absolute Gasteiger partial charge is 0.410 e. The summed E-state index contributed by atoms with van der Waals surface area (Å²) in [6.07, 6.45) is 3.76. The van der Waals surface area contributed by atoms with Gasteiger partial charge >= 0.3 is 12.1 Å². The molecule has 3 heterocycles. The second-order valence-corrected chi connectivity index (χ2v) is 12.5. The summed E-state index contributed by atoms with van der Waals surface area (Å²) < 4.78 is 22.2. The predicted molar refractivity (Wildman–Crippen MR) is 159 cm³/mol. The number of carbonyl (C=O) groups is 2. The van der Waals surface area contributed by atoms with Crippen LogP contribution in [-0.2, 0) is 11.8 Å². The monoisotopic (exact) mass is 580 g/mol. The molecule has 2 fully saturated rings. The number of anilines is 1. The van der Waals surface area contributed by atoms with Gasteiger partial charge in [0.25, 0.3) is 0 Å². The van der Waals surface area contributed by atoms with Gasteiger partial charge in [-0.3, -0.25) is 4.68 Å². The molecular formula is C30H41FN8O3. The molecule has 1 aliphatic heterocycles. The van der Waals surface area contributed by atoms with Crippen molar-refractivity contribution in [3.63, 3.8) is 0 Å². The van der Waals surface area contributed by atoms with E-state index in [2.05, 4.69) is 39.5 Å². The molecule has 0 radical (unpaired) electrons. The van der Waals surface area contributed by atoms with Gasteiger partial charge in [-0.05, 0) is 64.2 Å². The van der Waals surface area contributed by atoms with Gasteiger partial charge in [-0.2, -0.15) is 5.10 Å². The SMILES string of the molecule is CC(C)c1c2cc(-c3ccnc(N[C@H]4CC[C@H](NC(=O)N5CCN(C(=O)OC(C)(C)C)CC5)C4)n3)cc(F)c2nn1C. The number of piperazine rings is 1. The Morgan fingerprint density at radius 2 is 1.76 bits per heavy atom. The Hall–Kier alpha value is -3.96. The number of fused-ring (bicyclic) bond motifs is 1. The number of urea groups is 1. The molecule has 1 saturated carbocycles. The van der Waals surface area contributed by atoms with Gasteiger partial charge in [0.15, 0.2) is 5.82 Å². The molecule has 2 aliphatic rings. The maximum absolute atomic E-state index is 15.0. The van der Waals surface area contributed by atoms with E-state index in [0.717, 1.165) is 30.3 Å². The highest BCUT2D eigenvalue weighted by Gasteiger charge is 2.31. The van der Waals surface area contributed by atoms with Crippen LogP contribution in [0.3, 0.4) is 0 Å². The van der Waals surface area contributed by atoms with Crippen LogP contribution in [0.5, 0.6) is 0 Å². The first kappa shape index (κ1) is 29.5. The number of aromatic nitrogens is 4. The molecule has 12 heteroatoms. The Morgan fingerprint density at radius 3 is 2.45 bits per heavy atom. The fourth-order valence-corrected chi connectivity index (χ4v) is 5.81. The minimum Gasteiger partial charge on any atom is -0.444 e. The van der Waals surface area contributed by atoms with Crippen LogP contribution in [0.1, 0.15) is 65.5 Å². The highest BCUT2D eigenvalue weighted by Crippen LogP contribution is 2.31. The molecular weight excluding hydrogens is 539 g/mol. The van der Waals surface area contributed by atoms with Crippen LogP contribution in [0.4, 0.5) is 19.9 Å². The minimum absolute atomic E-state index is 0.0265. The fraction of sp³-hybridized carbons (Fsp3) is 0.567. The molecule has 2 atom stereocenters. The number of carbonyl (C=O) groups excluding carboxylic acids is 2. The molecule has 0 unspecified atom stereocenters. The van der Waals surface area contributed by atoms with Gasteiger partial charge in [-0.15, -0.1) is 0 Å². The highest BCUT2D eigenvalue weighted by atomic mass is 19.1. The van der Waals surface area contributed by atoms with Crippen LogP contribution >= 0.6 is 0 Å². The second-order valence-electron chi connectivity index (χ2n) is 12.5. The third-order valence-electron chi connectivity index (χ3n) is 7.75. The molecule has 42 heavy (non-hydrogen) atoms. The molecule has 5 rings (SSSR count). The Morgan fingerprint density at radius 1 is 1.07 bits per heavy atom. The zero-order valence-electron chi connectivity index (χ0n) is 25.3. The van der Waals surface area contributed by atoms with E-state index in [-0.39, 0.29) is 35.9 Å². The average molecular weight is 581 g/mol. The number of ether oxygens (including phenoxy) is 1. The molecule has 226 valence electrons. The number of amides is 3. The number of nitrogens with zero attached hydrogens (tertiary/aromatic N) is 6. The van der Waals surface area contributed by atoms with Crippen LogP contribution < -0.4 is 10.6 Å². The lowest BCUT2D eigenvalue weighted by atomic mass is 10.0. The average Bonchev–Trinajstić information content (AvgIpc) is 3.51. The largest absolute Gasteiger partial charge is 0.444 e. The fourth-order valence-electron chi connectivity index (χ4n) is 5.81. The third-order valence-corrected chi connectivity index (χ3v) is 7.75. The van der Waals surface area contributed by atoms with Crippen molar-refractivity contribution in [2.75, 3.05) is 31.5 Å². The zero-order valence-corrected chi connectivity index (χ0v) is 25.3. The Labute approximate surface area is 245 Å². The van der Waals surface area contributed by atoms with Gasteiger partial charge in [0.1, 0.15) is 11.1 Å².